The molecule has 24 heavy (non-hydrogen) atoms. The van der Waals surface area contributed by atoms with Crippen LogP contribution >= 0.6 is 0 Å². The number of hydrogen-bond donors (Lipinski definition) is 2. The van der Waals surface area contributed by atoms with Gasteiger partial charge in [0.15, 0.2) is 0 Å². The standard InChI is InChI=1S/C17H20N6O/c1-10(7-18)22-6-4-12(9-22)23-15-13-3-5-19-16(13)20-8-14(15)21-17(23)11(2)24/h3,5,8,10-12,24H,4,6,9H2,1-2H3,(H,19,20)/t10?,11-,12?/m1/s1. The number of hydrogen-bond acceptors (Lipinski definition) is 5. The quantitative estimate of drug-likeness (QED) is 0.769. The summed E-state index contributed by atoms with van der Waals surface area (Å²) in [5.74, 6) is 0.664. The number of nitrogens with zero attached hydrogens (tertiary/aromatic N) is 5. The molecule has 4 rings (SSSR count). The molecule has 2 N–H and O–H groups in total. The Bertz CT molecular complexity index is 934. The van der Waals surface area contributed by atoms with Crippen LogP contribution in [0.25, 0.3) is 22.1 Å². The lowest BCUT2D eigenvalue weighted by atomic mass is 10.2. The molecule has 3 atom stereocenters. The first-order valence-corrected chi connectivity index (χ1v) is 8.25. The third kappa shape index (κ3) is 2.19. The van der Waals surface area contributed by atoms with E-state index in [1.54, 1.807) is 13.1 Å². The monoisotopic (exact) mass is 324 g/mol. The predicted octanol–water partition coefficient (Wildman–Crippen LogP) is 2.12. The summed E-state index contributed by atoms with van der Waals surface area (Å²) in [6.07, 6.45) is 3.90. The molecule has 0 aliphatic carbocycles. The van der Waals surface area contributed by atoms with E-state index in [-0.39, 0.29) is 12.1 Å². The molecule has 0 aromatic carbocycles. The second-order valence-electron chi connectivity index (χ2n) is 6.49. The number of imidazole rings is 1. The number of aromatic nitrogens is 4. The van der Waals surface area contributed by atoms with Crippen molar-refractivity contribution in [2.24, 2.45) is 0 Å². The largest absolute Gasteiger partial charge is 0.385 e. The van der Waals surface area contributed by atoms with Gasteiger partial charge in [0, 0.05) is 30.7 Å². The van der Waals surface area contributed by atoms with Crippen molar-refractivity contribution in [2.75, 3.05) is 13.1 Å². The fourth-order valence-corrected chi connectivity index (χ4v) is 3.69. The molecule has 1 fully saturated rings. The average Bonchev–Trinajstić information content (AvgIpc) is 3.28. The summed E-state index contributed by atoms with van der Waals surface area (Å²) in [5.41, 5.74) is 2.62. The molecule has 4 heterocycles. The first-order chi connectivity index (χ1) is 11.6. The molecule has 2 unspecified atom stereocenters. The van der Waals surface area contributed by atoms with E-state index in [1.807, 2.05) is 19.2 Å². The molecule has 0 saturated carbocycles. The number of likely N-dealkylation sites (tertiary alicyclic amines) is 1. The zero-order valence-electron chi connectivity index (χ0n) is 13.8. The summed E-state index contributed by atoms with van der Waals surface area (Å²) in [7, 11) is 0. The summed E-state index contributed by atoms with van der Waals surface area (Å²) in [6.45, 7) is 5.33. The van der Waals surface area contributed by atoms with Gasteiger partial charge in [0.1, 0.15) is 23.1 Å². The van der Waals surface area contributed by atoms with Crippen molar-refractivity contribution in [3.8, 4) is 6.07 Å². The van der Waals surface area contributed by atoms with Crippen LogP contribution in [0.3, 0.4) is 0 Å². The number of fused-ring (bicyclic) bond motifs is 3. The lowest BCUT2D eigenvalue weighted by molar-refractivity contribution is 0.181. The number of aliphatic hydroxyl groups excluding tert-OH is 1. The van der Waals surface area contributed by atoms with Crippen molar-refractivity contribution in [1.29, 1.82) is 5.26 Å². The Morgan fingerprint density at radius 1 is 1.46 bits per heavy atom. The fourth-order valence-electron chi connectivity index (χ4n) is 3.69. The third-order valence-corrected chi connectivity index (χ3v) is 4.93. The Morgan fingerprint density at radius 2 is 2.29 bits per heavy atom. The summed E-state index contributed by atoms with van der Waals surface area (Å²) in [4.78, 5) is 14.3. The molecule has 124 valence electrons. The number of aliphatic hydroxyl groups is 1. The average molecular weight is 324 g/mol. The van der Waals surface area contributed by atoms with Crippen LogP contribution in [0.1, 0.15) is 38.2 Å². The number of aromatic amines is 1. The normalized spacial score (nSPS) is 21.3. The van der Waals surface area contributed by atoms with Gasteiger partial charge in [-0.15, -0.1) is 0 Å². The highest BCUT2D eigenvalue weighted by molar-refractivity contribution is 6.01. The van der Waals surface area contributed by atoms with Gasteiger partial charge in [0.25, 0.3) is 0 Å². The zero-order valence-corrected chi connectivity index (χ0v) is 13.8. The molecule has 0 spiro atoms. The number of H-pyrrole nitrogens is 1. The number of nitriles is 1. The molecule has 0 bridgehead atoms. The van der Waals surface area contributed by atoms with Gasteiger partial charge < -0.3 is 14.7 Å². The Morgan fingerprint density at radius 3 is 3.04 bits per heavy atom. The maximum Gasteiger partial charge on any atom is 0.139 e. The Kier molecular flexibility index (Phi) is 3.52. The lowest BCUT2D eigenvalue weighted by Crippen LogP contribution is -2.30. The van der Waals surface area contributed by atoms with E-state index in [9.17, 15) is 10.4 Å². The summed E-state index contributed by atoms with van der Waals surface area (Å²) in [6, 6.07) is 4.40. The first-order valence-electron chi connectivity index (χ1n) is 8.25. The van der Waals surface area contributed by atoms with Crippen molar-refractivity contribution in [1.82, 2.24) is 24.4 Å². The molecule has 0 amide bonds. The van der Waals surface area contributed by atoms with Crippen LogP contribution in [0, 0.1) is 11.3 Å². The van der Waals surface area contributed by atoms with Crippen LogP contribution in [0.15, 0.2) is 18.5 Å². The van der Waals surface area contributed by atoms with Crippen molar-refractivity contribution < 1.29 is 5.11 Å². The van der Waals surface area contributed by atoms with Crippen molar-refractivity contribution in [3.63, 3.8) is 0 Å². The molecule has 3 aromatic heterocycles. The zero-order chi connectivity index (χ0) is 16.8. The van der Waals surface area contributed by atoms with Gasteiger partial charge in [0.05, 0.1) is 23.8 Å². The van der Waals surface area contributed by atoms with Crippen molar-refractivity contribution >= 4 is 22.1 Å². The van der Waals surface area contributed by atoms with E-state index in [2.05, 4.69) is 30.5 Å². The lowest BCUT2D eigenvalue weighted by Gasteiger charge is -2.21. The minimum Gasteiger partial charge on any atom is -0.385 e. The van der Waals surface area contributed by atoms with E-state index >= 15 is 0 Å². The van der Waals surface area contributed by atoms with Crippen LogP contribution in [-0.4, -0.2) is 48.7 Å². The molecule has 1 aliphatic rings. The summed E-state index contributed by atoms with van der Waals surface area (Å²) >= 11 is 0. The fraction of sp³-hybridized carbons (Fsp3) is 0.471. The third-order valence-electron chi connectivity index (χ3n) is 4.93. The summed E-state index contributed by atoms with van der Waals surface area (Å²) < 4.78 is 2.15. The Balaban J connectivity index is 1.88. The second-order valence-corrected chi connectivity index (χ2v) is 6.49. The highest BCUT2D eigenvalue weighted by Gasteiger charge is 2.31. The molecule has 7 nitrogen and oxygen atoms in total. The number of nitrogens with one attached hydrogen (secondary N) is 1. The topological polar surface area (TPSA) is 93.8 Å². The van der Waals surface area contributed by atoms with Crippen LogP contribution in [0.4, 0.5) is 0 Å². The molecule has 3 aromatic rings. The maximum absolute atomic E-state index is 10.2. The van der Waals surface area contributed by atoms with E-state index in [1.165, 1.54) is 0 Å². The maximum atomic E-state index is 10.2. The van der Waals surface area contributed by atoms with E-state index in [4.69, 9.17) is 0 Å². The second kappa shape index (κ2) is 5.58. The van der Waals surface area contributed by atoms with E-state index in [0.29, 0.717) is 5.82 Å². The highest BCUT2D eigenvalue weighted by Crippen LogP contribution is 2.34. The van der Waals surface area contributed by atoms with Crippen LogP contribution in [-0.2, 0) is 0 Å². The van der Waals surface area contributed by atoms with Crippen LogP contribution < -0.4 is 0 Å². The highest BCUT2D eigenvalue weighted by atomic mass is 16.3. The molecular formula is C17H20N6O. The first kappa shape index (κ1) is 15.1. The van der Waals surface area contributed by atoms with Gasteiger partial charge in [-0.3, -0.25) is 4.90 Å². The van der Waals surface area contributed by atoms with Crippen LogP contribution in [0.5, 0.6) is 0 Å². The van der Waals surface area contributed by atoms with E-state index < -0.39 is 6.10 Å². The number of rotatable bonds is 3. The Labute approximate surface area is 139 Å². The van der Waals surface area contributed by atoms with E-state index in [0.717, 1.165) is 41.6 Å². The Hall–Kier alpha value is -2.43. The molecule has 7 heteroatoms. The minimum atomic E-state index is -0.658. The van der Waals surface area contributed by atoms with Crippen molar-refractivity contribution in [2.45, 2.75) is 38.5 Å². The molecule has 1 saturated heterocycles. The number of pyridine rings is 1. The minimum absolute atomic E-state index is 0.103. The van der Waals surface area contributed by atoms with Gasteiger partial charge in [-0.1, -0.05) is 0 Å². The molecule has 1 aliphatic heterocycles. The predicted molar refractivity (Wildman–Crippen MR) is 90.3 cm³/mol. The smallest absolute Gasteiger partial charge is 0.139 e. The molecular weight excluding hydrogens is 304 g/mol. The SMILES string of the molecule is CC(C#N)N1CCC(n2c([C@@H](C)O)nc3cnc4[nH]ccc4c32)C1. The molecule has 0 radical (unpaired) electrons. The van der Waals surface area contributed by atoms with Gasteiger partial charge >= 0.3 is 0 Å². The van der Waals surface area contributed by atoms with Gasteiger partial charge in [0.2, 0.25) is 0 Å². The van der Waals surface area contributed by atoms with Crippen molar-refractivity contribution in [3.05, 3.63) is 24.3 Å². The van der Waals surface area contributed by atoms with Gasteiger partial charge in [-0.05, 0) is 26.3 Å². The summed E-state index contributed by atoms with van der Waals surface area (Å²) in [5, 5.41) is 20.4. The van der Waals surface area contributed by atoms with Gasteiger partial charge in [-0.25, -0.2) is 9.97 Å². The van der Waals surface area contributed by atoms with Crippen LogP contribution in [0.2, 0.25) is 0 Å². The van der Waals surface area contributed by atoms with Gasteiger partial charge in [-0.2, -0.15) is 5.26 Å².